The molecule has 0 aliphatic carbocycles. The van der Waals surface area contributed by atoms with E-state index in [1.54, 1.807) is 23.1 Å². The van der Waals surface area contributed by atoms with Crippen molar-refractivity contribution in [2.24, 2.45) is 5.92 Å². The van der Waals surface area contributed by atoms with E-state index in [1.165, 1.54) is 0 Å². The molecule has 1 aliphatic heterocycles. The maximum atomic E-state index is 12.5. The molecule has 1 saturated heterocycles. The number of hydrogen-bond acceptors (Lipinski definition) is 2. The minimum Gasteiger partial charge on any atom is -0.326 e. The molecule has 1 fully saturated rings. The smallest absolute Gasteiger partial charge is 0.229 e. The maximum Gasteiger partial charge on any atom is 0.229 e. The number of benzene rings is 2. The first-order valence-corrected chi connectivity index (χ1v) is 8.26. The van der Waals surface area contributed by atoms with Crippen LogP contribution in [0.5, 0.6) is 0 Å². The van der Waals surface area contributed by atoms with E-state index in [4.69, 9.17) is 11.6 Å². The van der Waals surface area contributed by atoms with Gasteiger partial charge in [0, 0.05) is 29.4 Å². The van der Waals surface area contributed by atoms with E-state index < -0.39 is 0 Å². The summed E-state index contributed by atoms with van der Waals surface area (Å²) in [6, 6.07) is 13.1. The van der Waals surface area contributed by atoms with Crippen molar-refractivity contribution in [1.29, 1.82) is 0 Å². The van der Waals surface area contributed by atoms with Gasteiger partial charge in [-0.15, -0.1) is 0 Å². The number of halogens is 1. The molecule has 2 aromatic carbocycles. The largest absolute Gasteiger partial charge is 0.326 e. The molecule has 1 N–H and O–H groups in total. The normalized spacial score (nSPS) is 17.2. The van der Waals surface area contributed by atoms with E-state index in [0.29, 0.717) is 11.6 Å². The second-order valence-electron chi connectivity index (χ2n) is 6.19. The van der Waals surface area contributed by atoms with Gasteiger partial charge in [0.25, 0.3) is 0 Å². The molecule has 1 unspecified atom stereocenters. The van der Waals surface area contributed by atoms with E-state index in [2.05, 4.69) is 5.32 Å². The van der Waals surface area contributed by atoms with Crippen molar-refractivity contribution < 1.29 is 9.59 Å². The molecule has 0 bridgehead atoms. The number of carbonyl (C=O) groups is 2. The van der Waals surface area contributed by atoms with Crippen LogP contribution in [0.1, 0.15) is 17.5 Å². The van der Waals surface area contributed by atoms with Gasteiger partial charge in [0.05, 0.1) is 5.92 Å². The SMILES string of the molecule is Cc1ccc(N2CC(C(=O)Nc3ccc(Cl)cc3C)CC2=O)cc1. The number of aryl methyl sites for hydroxylation is 2. The maximum absolute atomic E-state index is 12.5. The second kappa shape index (κ2) is 6.65. The molecule has 4 nitrogen and oxygen atoms in total. The van der Waals surface area contributed by atoms with Crippen LogP contribution >= 0.6 is 11.6 Å². The number of carbonyl (C=O) groups excluding carboxylic acids is 2. The lowest BCUT2D eigenvalue weighted by atomic mass is 10.1. The molecule has 3 rings (SSSR count). The summed E-state index contributed by atoms with van der Waals surface area (Å²) < 4.78 is 0. The Bertz CT molecular complexity index is 786. The topological polar surface area (TPSA) is 49.4 Å². The minimum atomic E-state index is -0.353. The minimum absolute atomic E-state index is 0.0215. The van der Waals surface area contributed by atoms with E-state index in [0.717, 1.165) is 22.5 Å². The third-order valence-electron chi connectivity index (χ3n) is 4.29. The van der Waals surface area contributed by atoms with Crippen molar-refractivity contribution in [1.82, 2.24) is 0 Å². The van der Waals surface area contributed by atoms with Crippen molar-refractivity contribution >= 4 is 34.8 Å². The molecular weight excluding hydrogens is 324 g/mol. The van der Waals surface area contributed by atoms with Gasteiger partial charge in [-0.2, -0.15) is 0 Å². The average molecular weight is 343 g/mol. The van der Waals surface area contributed by atoms with Crippen LogP contribution in [0.3, 0.4) is 0 Å². The predicted molar refractivity (Wildman–Crippen MR) is 96.5 cm³/mol. The second-order valence-corrected chi connectivity index (χ2v) is 6.63. The first-order chi connectivity index (χ1) is 11.4. The summed E-state index contributed by atoms with van der Waals surface area (Å²) in [5.74, 6) is -0.510. The zero-order chi connectivity index (χ0) is 17.3. The van der Waals surface area contributed by atoms with E-state index in [1.807, 2.05) is 38.1 Å². The summed E-state index contributed by atoms with van der Waals surface area (Å²) >= 11 is 5.93. The molecule has 2 amide bonds. The molecule has 2 aromatic rings. The van der Waals surface area contributed by atoms with Gasteiger partial charge in [-0.1, -0.05) is 29.3 Å². The van der Waals surface area contributed by atoms with E-state index >= 15 is 0 Å². The molecule has 1 aliphatic rings. The fraction of sp³-hybridized carbons (Fsp3) is 0.263. The molecule has 1 heterocycles. The van der Waals surface area contributed by atoms with Gasteiger partial charge in [0.1, 0.15) is 0 Å². The predicted octanol–water partition coefficient (Wildman–Crippen LogP) is 3.95. The van der Waals surface area contributed by atoms with Gasteiger partial charge >= 0.3 is 0 Å². The van der Waals surface area contributed by atoms with Crippen LogP contribution in [0.2, 0.25) is 5.02 Å². The first-order valence-electron chi connectivity index (χ1n) is 7.88. The summed E-state index contributed by atoms with van der Waals surface area (Å²) in [6.07, 6.45) is 0.229. The van der Waals surface area contributed by atoms with Gasteiger partial charge in [0.15, 0.2) is 0 Å². The number of nitrogens with zero attached hydrogens (tertiary/aromatic N) is 1. The molecule has 24 heavy (non-hydrogen) atoms. The highest BCUT2D eigenvalue weighted by Gasteiger charge is 2.35. The summed E-state index contributed by atoms with van der Waals surface area (Å²) in [5, 5.41) is 3.54. The summed E-state index contributed by atoms with van der Waals surface area (Å²) in [6.45, 7) is 4.29. The van der Waals surface area contributed by atoms with E-state index in [-0.39, 0.29) is 24.2 Å². The Labute approximate surface area is 146 Å². The van der Waals surface area contributed by atoms with Crippen molar-refractivity contribution in [3.05, 3.63) is 58.6 Å². The molecule has 0 radical (unpaired) electrons. The zero-order valence-electron chi connectivity index (χ0n) is 13.7. The fourth-order valence-electron chi connectivity index (χ4n) is 2.86. The van der Waals surface area contributed by atoms with Crippen molar-refractivity contribution in [3.63, 3.8) is 0 Å². The Morgan fingerprint density at radius 3 is 2.54 bits per heavy atom. The van der Waals surface area contributed by atoms with Crippen LogP contribution in [0, 0.1) is 19.8 Å². The van der Waals surface area contributed by atoms with Crippen LogP contribution in [-0.2, 0) is 9.59 Å². The van der Waals surface area contributed by atoms with Gasteiger partial charge in [-0.3, -0.25) is 9.59 Å². The van der Waals surface area contributed by atoms with Crippen LogP contribution in [0.25, 0.3) is 0 Å². The molecule has 1 atom stereocenters. The van der Waals surface area contributed by atoms with Gasteiger partial charge < -0.3 is 10.2 Å². The molecular formula is C19H19ClN2O2. The lowest BCUT2D eigenvalue weighted by Crippen LogP contribution is -2.28. The number of anilines is 2. The van der Waals surface area contributed by atoms with Gasteiger partial charge in [-0.05, 0) is 49.7 Å². The monoisotopic (exact) mass is 342 g/mol. The number of amides is 2. The average Bonchev–Trinajstić information content (AvgIpc) is 2.93. The fourth-order valence-corrected chi connectivity index (χ4v) is 3.09. The number of rotatable bonds is 3. The lowest BCUT2D eigenvalue weighted by molar-refractivity contribution is -0.122. The Hall–Kier alpha value is -2.33. The quantitative estimate of drug-likeness (QED) is 0.918. The summed E-state index contributed by atoms with van der Waals surface area (Å²) in [5.41, 5.74) is 3.60. The summed E-state index contributed by atoms with van der Waals surface area (Å²) in [7, 11) is 0. The van der Waals surface area contributed by atoms with Crippen molar-refractivity contribution in [3.8, 4) is 0 Å². The van der Waals surface area contributed by atoms with E-state index in [9.17, 15) is 9.59 Å². The number of hydrogen-bond donors (Lipinski definition) is 1. The molecule has 0 saturated carbocycles. The zero-order valence-corrected chi connectivity index (χ0v) is 14.4. The Kier molecular flexibility index (Phi) is 4.58. The van der Waals surface area contributed by atoms with Crippen LogP contribution in [-0.4, -0.2) is 18.4 Å². The molecule has 5 heteroatoms. The lowest BCUT2D eigenvalue weighted by Gasteiger charge is -2.17. The van der Waals surface area contributed by atoms with Crippen molar-refractivity contribution in [2.75, 3.05) is 16.8 Å². The van der Waals surface area contributed by atoms with Crippen LogP contribution in [0.4, 0.5) is 11.4 Å². The summed E-state index contributed by atoms with van der Waals surface area (Å²) in [4.78, 5) is 26.5. The van der Waals surface area contributed by atoms with Gasteiger partial charge in [-0.25, -0.2) is 0 Å². The Morgan fingerprint density at radius 2 is 1.88 bits per heavy atom. The van der Waals surface area contributed by atoms with Gasteiger partial charge in [0.2, 0.25) is 11.8 Å². The highest BCUT2D eigenvalue weighted by atomic mass is 35.5. The first kappa shape index (κ1) is 16.5. The third kappa shape index (κ3) is 3.44. The third-order valence-corrected chi connectivity index (χ3v) is 4.52. The highest BCUT2D eigenvalue weighted by Crippen LogP contribution is 2.27. The Morgan fingerprint density at radius 1 is 1.17 bits per heavy atom. The van der Waals surface area contributed by atoms with Crippen LogP contribution < -0.4 is 10.2 Å². The standard InChI is InChI=1S/C19H19ClN2O2/c1-12-3-6-16(7-4-12)22-11-14(10-18(22)23)19(24)21-17-8-5-15(20)9-13(17)2/h3-9,14H,10-11H2,1-2H3,(H,21,24). The Balaban J connectivity index is 1.70. The molecule has 0 aromatic heterocycles. The molecule has 124 valence electrons. The highest BCUT2D eigenvalue weighted by molar-refractivity contribution is 6.30. The number of nitrogens with one attached hydrogen (secondary N) is 1. The van der Waals surface area contributed by atoms with Crippen molar-refractivity contribution in [2.45, 2.75) is 20.3 Å². The van der Waals surface area contributed by atoms with Crippen LogP contribution in [0.15, 0.2) is 42.5 Å². The molecule has 0 spiro atoms.